The van der Waals surface area contributed by atoms with Crippen LogP contribution >= 0.6 is 0 Å². The molecule has 2 rings (SSSR count). The number of hydrogen-bond acceptors (Lipinski definition) is 3. The molecule has 1 heterocycles. The first-order valence-corrected chi connectivity index (χ1v) is 7.26. The summed E-state index contributed by atoms with van der Waals surface area (Å²) in [5, 5.41) is 7.47. The van der Waals surface area contributed by atoms with Gasteiger partial charge >= 0.3 is 0 Å². The molecule has 118 valence electrons. The van der Waals surface area contributed by atoms with Crippen LogP contribution in [0.3, 0.4) is 0 Å². The highest BCUT2D eigenvalue weighted by Gasteiger charge is 2.06. The van der Waals surface area contributed by atoms with E-state index in [4.69, 9.17) is 4.74 Å². The Morgan fingerprint density at radius 2 is 2.14 bits per heavy atom. The van der Waals surface area contributed by atoms with Crippen LogP contribution in [-0.4, -0.2) is 47.9 Å². The number of aryl methyl sites for hydroxylation is 1. The molecule has 2 aromatic rings. The van der Waals surface area contributed by atoms with Crippen LogP contribution in [0.15, 0.2) is 47.7 Å². The van der Waals surface area contributed by atoms with Gasteiger partial charge in [0, 0.05) is 39.4 Å². The number of nitrogens with zero attached hydrogens (tertiary/aromatic N) is 4. The van der Waals surface area contributed by atoms with Crippen molar-refractivity contribution in [1.82, 2.24) is 20.0 Å². The molecule has 0 aliphatic carbocycles. The summed E-state index contributed by atoms with van der Waals surface area (Å²) in [6.45, 7) is 2.06. The zero-order valence-corrected chi connectivity index (χ0v) is 13.4. The van der Waals surface area contributed by atoms with Gasteiger partial charge in [-0.2, -0.15) is 5.10 Å². The maximum Gasteiger partial charge on any atom is 0.193 e. The van der Waals surface area contributed by atoms with E-state index in [-0.39, 0.29) is 0 Å². The lowest BCUT2D eigenvalue weighted by atomic mass is 10.3. The van der Waals surface area contributed by atoms with E-state index >= 15 is 0 Å². The molecular formula is C16H23N5O. The fourth-order valence-corrected chi connectivity index (χ4v) is 2.05. The zero-order valence-electron chi connectivity index (χ0n) is 13.4. The first-order valence-electron chi connectivity index (χ1n) is 7.26. The monoisotopic (exact) mass is 301 g/mol. The summed E-state index contributed by atoms with van der Waals surface area (Å²) in [6, 6.07) is 9.81. The second-order valence-electron chi connectivity index (χ2n) is 5.01. The lowest BCUT2D eigenvalue weighted by molar-refractivity contribution is 0.281. The van der Waals surface area contributed by atoms with E-state index in [1.54, 1.807) is 11.7 Å². The highest BCUT2D eigenvalue weighted by Crippen LogP contribution is 2.07. The van der Waals surface area contributed by atoms with E-state index in [1.165, 1.54) is 0 Å². The van der Waals surface area contributed by atoms with Gasteiger partial charge in [0.05, 0.1) is 12.7 Å². The first-order chi connectivity index (χ1) is 10.7. The summed E-state index contributed by atoms with van der Waals surface area (Å²) >= 11 is 0. The number of rotatable bonds is 6. The first kappa shape index (κ1) is 15.9. The van der Waals surface area contributed by atoms with E-state index in [2.05, 4.69) is 15.4 Å². The van der Waals surface area contributed by atoms with E-state index in [0.29, 0.717) is 13.2 Å². The molecule has 0 saturated heterocycles. The Balaban J connectivity index is 1.75. The van der Waals surface area contributed by atoms with Crippen LogP contribution in [0.1, 0.15) is 5.56 Å². The van der Waals surface area contributed by atoms with E-state index in [1.807, 2.05) is 61.7 Å². The van der Waals surface area contributed by atoms with Crippen molar-refractivity contribution in [2.75, 3.05) is 27.2 Å². The summed E-state index contributed by atoms with van der Waals surface area (Å²) in [4.78, 5) is 6.33. The molecule has 1 aromatic heterocycles. The van der Waals surface area contributed by atoms with Crippen molar-refractivity contribution in [3.63, 3.8) is 0 Å². The molecule has 0 aliphatic rings. The Morgan fingerprint density at radius 3 is 2.77 bits per heavy atom. The minimum Gasteiger partial charge on any atom is -0.492 e. The number of ether oxygens (including phenoxy) is 1. The molecule has 0 atom stereocenters. The molecule has 0 amide bonds. The lowest BCUT2D eigenvalue weighted by Crippen LogP contribution is -2.40. The summed E-state index contributed by atoms with van der Waals surface area (Å²) in [5.74, 6) is 1.72. The number of aromatic nitrogens is 2. The van der Waals surface area contributed by atoms with E-state index < -0.39 is 0 Å². The van der Waals surface area contributed by atoms with Crippen molar-refractivity contribution >= 4 is 5.96 Å². The molecule has 0 aliphatic heterocycles. The van der Waals surface area contributed by atoms with Crippen molar-refractivity contribution in [3.8, 4) is 5.75 Å². The maximum absolute atomic E-state index is 5.70. The largest absolute Gasteiger partial charge is 0.492 e. The van der Waals surface area contributed by atoms with Gasteiger partial charge in [-0.05, 0) is 12.1 Å². The Hall–Kier alpha value is -2.50. The number of likely N-dealkylation sites (N-methyl/N-ethyl adjacent to an activating group) is 1. The topological polar surface area (TPSA) is 54.7 Å². The fourth-order valence-electron chi connectivity index (χ4n) is 2.05. The molecule has 1 N–H and O–H groups in total. The molecule has 0 spiro atoms. The average molecular weight is 301 g/mol. The fraction of sp³-hybridized carbons (Fsp3) is 0.375. The van der Waals surface area contributed by atoms with E-state index in [9.17, 15) is 0 Å². The van der Waals surface area contributed by atoms with Gasteiger partial charge in [-0.15, -0.1) is 0 Å². The molecule has 0 saturated carbocycles. The van der Waals surface area contributed by atoms with Crippen LogP contribution in [0, 0.1) is 0 Å². The zero-order chi connectivity index (χ0) is 15.8. The lowest BCUT2D eigenvalue weighted by Gasteiger charge is -2.22. The molecule has 0 bridgehead atoms. The van der Waals surface area contributed by atoms with Crippen LogP contribution in [0.25, 0.3) is 0 Å². The Bertz CT molecular complexity index is 594. The second-order valence-corrected chi connectivity index (χ2v) is 5.01. The molecule has 6 heteroatoms. The summed E-state index contributed by atoms with van der Waals surface area (Å²) in [7, 11) is 5.68. The minimum atomic E-state index is 0.605. The predicted molar refractivity (Wildman–Crippen MR) is 88.0 cm³/mol. The number of benzene rings is 1. The van der Waals surface area contributed by atoms with Crippen LogP contribution < -0.4 is 10.1 Å². The summed E-state index contributed by atoms with van der Waals surface area (Å²) < 4.78 is 7.49. The number of guanidine groups is 1. The van der Waals surface area contributed by atoms with Gasteiger partial charge in [-0.3, -0.25) is 9.67 Å². The Morgan fingerprint density at radius 1 is 1.36 bits per heavy atom. The van der Waals surface area contributed by atoms with Gasteiger partial charge in [0.25, 0.3) is 0 Å². The summed E-state index contributed by atoms with van der Waals surface area (Å²) in [5.41, 5.74) is 1.12. The highest BCUT2D eigenvalue weighted by molar-refractivity contribution is 5.79. The normalized spacial score (nSPS) is 11.3. The minimum absolute atomic E-state index is 0.605. The second kappa shape index (κ2) is 8.07. The third-order valence-corrected chi connectivity index (χ3v) is 3.22. The number of para-hydroxylation sites is 1. The van der Waals surface area contributed by atoms with Crippen LogP contribution in [0.2, 0.25) is 0 Å². The third-order valence-electron chi connectivity index (χ3n) is 3.22. The van der Waals surface area contributed by atoms with Gasteiger partial charge in [0.1, 0.15) is 12.4 Å². The van der Waals surface area contributed by atoms with Crippen molar-refractivity contribution in [3.05, 3.63) is 48.3 Å². The molecule has 1 aromatic carbocycles. The van der Waals surface area contributed by atoms with E-state index in [0.717, 1.165) is 23.8 Å². The van der Waals surface area contributed by atoms with Crippen LogP contribution in [-0.2, 0) is 13.6 Å². The average Bonchev–Trinajstić information content (AvgIpc) is 2.94. The van der Waals surface area contributed by atoms with Gasteiger partial charge in [0.2, 0.25) is 0 Å². The standard InChI is InChI=1S/C16H23N5O/c1-17-16(18-11-14-12-19-21(3)13-14)20(2)9-10-22-15-7-5-4-6-8-15/h4-8,12-13H,9-11H2,1-3H3,(H,17,18). The third kappa shape index (κ3) is 4.80. The van der Waals surface area contributed by atoms with Crippen LogP contribution in [0.5, 0.6) is 5.75 Å². The summed E-state index contributed by atoms with van der Waals surface area (Å²) in [6.07, 6.45) is 3.83. The van der Waals surface area contributed by atoms with Gasteiger partial charge < -0.3 is 15.0 Å². The quantitative estimate of drug-likeness (QED) is 0.649. The Labute approximate surface area is 131 Å². The van der Waals surface area contributed by atoms with Gasteiger partial charge in [-0.25, -0.2) is 0 Å². The Kier molecular flexibility index (Phi) is 5.82. The number of nitrogens with one attached hydrogen (secondary N) is 1. The molecule has 0 unspecified atom stereocenters. The molecule has 0 fully saturated rings. The van der Waals surface area contributed by atoms with Crippen molar-refractivity contribution in [1.29, 1.82) is 0 Å². The van der Waals surface area contributed by atoms with Gasteiger partial charge in [0.15, 0.2) is 5.96 Å². The number of aliphatic imine (C=N–C) groups is 1. The SMILES string of the molecule is CN=C(NCc1cnn(C)c1)N(C)CCOc1ccccc1. The van der Waals surface area contributed by atoms with Gasteiger partial charge in [-0.1, -0.05) is 18.2 Å². The maximum atomic E-state index is 5.70. The van der Waals surface area contributed by atoms with Crippen LogP contribution in [0.4, 0.5) is 0 Å². The molecular weight excluding hydrogens is 278 g/mol. The van der Waals surface area contributed by atoms with Crippen molar-refractivity contribution in [2.24, 2.45) is 12.0 Å². The molecule has 22 heavy (non-hydrogen) atoms. The highest BCUT2D eigenvalue weighted by atomic mass is 16.5. The predicted octanol–water partition coefficient (Wildman–Crippen LogP) is 1.51. The smallest absolute Gasteiger partial charge is 0.193 e. The molecule has 0 radical (unpaired) electrons. The number of hydrogen-bond donors (Lipinski definition) is 1. The molecule has 6 nitrogen and oxygen atoms in total. The van der Waals surface area contributed by atoms with Crippen molar-refractivity contribution < 1.29 is 4.74 Å². The van der Waals surface area contributed by atoms with Crippen molar-refractivity contribution in [2.45, 2.75) is 6.54 Å².